The third-order valence-electron chi connectivity index (χ3n) is 2.76. The van der Waals surface area contributed by atoms with Crippen LogP contribution < -0.4 is 5.32 Å². The van der Waals surface area contributed by atoms with Gasteiger partial charge in [0.05, 0.1) is 8.66 Å². The standard InChI is InChI=1S/C15H9BrClN3O2S/c16-12-7-6-11(23-12)14-19-20-15(22-14)18-13(21)8-5-9-3-1-2-4-10(9)17/h1-8H,(H,18,20,21). The first-order valence-electron chi connectivity index (χ1n) is 6.44. The molecule has 116 valence electrons. The molecule has 23 heavy (non-hydrogen) atoms. The van der Waals surface area contributed by atoms with Gasteiger partial charge in [-0.05, 0) is 45.8 Å². The molecule has 0 saturated carbocycles. The van der Waals surface area contributed by atoms with Crippen molar-refractivity contribution in [1.29, 1.82) is 0 Å². The molecule has 0 radical (unpaired) electrons. The van der Waals surface area contributed by atoms with E-state index in [2.05, 4.69) is 31.4 Å². The number of amides is 1. The highest BCUT2D eigenvalue weighted by Gasteiger charge is 2.11. The lowest BCUT2D eigenvalue weighted by Crippen LogP contribution is -2.07. The van der Waals surface area contributed by atoms with E-state index in [0.29, 0.717) is 10.9 Å². The summed E-state index contributed by atoms with van der Waals surface area (Å²) in [4.78, 5) is 12.7. The Morgan fingerprint density at radius 2 is 2.09 bits per heavy atom. The van der Waals surface area contributed by atoms with Crippen molar-refractivity contribution in [2.75, 3.05) is 5.32 Å². The largest absolute Gasteiger partial charge is 0.402 e. The first-order valence-corrected chi connectivity index (χ1v) is 8.43. The molecule has 0 saturated heterocycles. The Morgan fingerprint density at radius 3 is 2.83 bits per heavy atom. The van der Waals surface area contributed by atoms with Gasteiger partial charge in [0.2, 0.25) is 0 Å². The molecule has 0 unspecified atom stereocenters. The van der Waals surface area contributed by atoms with E-state index in [0.717, 1.165) is 14.2 Å². The number of hydrogen-bond donors (Lipinski definition) is 1. The monoisotopic (exact) mass is 409 g/mol. The van der Waals surface area contributed by atoms with Crippen LogP contribution in [0.1, 0.15) is 5.56 Å². The van der Waals surface area contributed by atoms with Crippen LogP contribution in [0.15, 0.2) is 50.7 Å². The van der Waals surface area contributed by atoms with Crippen LogP contribution in [0.4, 0.5) is 6.01 Å². The highest BCUT2D eigenvalue weighted by Crippen LogP contribution is 2.30. The highest BCUT2D eigenvalue weighted by atomic mass is 79.9. The van der Waals surface area contributed by atoms with Gasteiger partial charge in [-0.2, -0.15) is 0 Å². The Bertz CT molecular complexity index is 875. The zero-order chi connectivity index (χ0) is 16.2. The predicted octanol–water partition coefficient (Wildman–Crippen LogP) is 4.87. The number of carbonyl (C=O) groups is 1. The van der Waals surface area contributed by atoms with E-state index in [4.69, 9.17) is 16.0 Å². The van der Waals surface area contributed by atoms with Gasteiger partial charge >= 0.3 is 6.01 Å². The molecule has 8 heteroatoms. The van der Waals surface area contributed by atoms with Crippen molar-refractivity contribution in [3.63, 3.8) is 0 Å². The number of benzene rings is 1. The summed E-state index contributed by atoms with van der Waals surface area (Å²) in [7, 11) is 0. The van der Waals surface area contributed by atoms with Crippen LogP contribution in [0.3, 0.4) is 0 Å². The highest BCUT2D eigenvalue weighted by molar-refractivity contribution is 9.11. The van der Waals surface area contributed by atoms with Gasteiger partial charge in [-0.3, -0.25) is 10.1 Å². The van der Waals surface area contributed by atoms with E-state index in [1.165, 1.54) is 17.4 Å². The quantitative estimate of drug-likeness (QED) is 0.623. The number of halogens is 2. The molecule has 0 spiro atoms. The molecule has 3 rings (SSSR count). The molecule has 1 amide bonds. The first kappa shape index (κ1) is 15.9. The van der Waals surface area contributed by atoms with Crippen LogP contribution in [-0.4, -0.2) is 16.1 Å². The Kier molecular flexibility index (Phi) is 4.90. The molecule has 1 N–H and O–H groups in total. The van der Waals surface area contributed by atoms with Crippen molar-refractivity contribution in [1.82, 2.24) is 10.2 Å². The molecule has 0 fully saturated rings. The summed E-state index contributed by atoms with van der Waals surface area (Å²) in [6.07, 6.45) is 2.97. The van der Waals surface area contributed by atoms with E-state index in [1.54, 1.807) is 12.1 Å². The second kappa shape index (κ2) is 7.08. The van der Waals surface area contributed by atoms with Gasteiger partial charge in [-0.1, -0.05) is 34.9 Å². The average molecular weight is 411 g/mol. The van der Waals surface area contributed by atoms with Crippen molar-refractivity contribution < 1.29 is 9.21 Å². The van der Waals surface area contributed by atoms with Crippen molar-refractivity contribution >= 4 is 56.9 Å². The zero-order valence-electron chi connectivity index (χ0n) is 11.5. The van der Waals surface area contributed by atoms with E-state index in [-0.39, 0.29) is 11.9 Å². The van der Waals surface area contributed by atoms with Crippen LogP contribution in [0.2, 0.25) is 5.02 Å². The third-order valence-corrected chi connectivity index (χ3v) is 4.71. The molecule has 2 aromatic heterocycles. The van der Waals surface area contributed by atoms with Gasteiger partial charge in [0.1, 0.15) is 0 Å². The summed E-state index contributed by atoms with van der Waals surface area (Å²) in [5, 5.41) is 10.8. The Morgan fingerprint density at radius 1 is 1.26 bits per heavy atom. The summed E-state index contributed by atoms with van der Waals surface area (Å²) in [6.45, 7) is 0. The van der Waals surface area contributed by atoms with Gasteiger partial charge in [0.25, 0.3) is 11.8 Å². The van der Waals surface area contributed by atoms with Crippen molar-refractivity contribution in [2.45, 2.75) is 0 Å². The minimum absolute atomic E-state index is 0.0401. The summed E-state index contributed by atoms with van der Waals surface area (Å²) in [5.74, 6) is -0.0291. The topological polar surface area (TPSA) is 68.0 Å². The lowest BCUT2D eigenvalue weighted by atomic mass is 10.2. The molecule has 1 aromatic carbocycles. The molecule has 0 bridgehead atoms. The van der Waals surface area contributed by atoms with E-state index < -0.39 is 0 Å². The minimum atomic E-state index is -0.382. The molecule has 0 aliphatic carbocycles. The summed E-state index contributed by atoms with van der Waals surface area (Å²) < 4.78 is 6.36. The summed E-state index contributed by atoms with van der Waals surface area (Å²) in [5.41, 5.74) is 0.749. The number of aromatic nitrogens is 2. The lowest BCUT2D eigenvalue weighted by Gasteiger charge is -1.97. The molecule has 2 heterocycles. The number of nitrogens with zero attached hydrogens (tertiary/aromatic N) is 2. The maximum atomic E-state index is 11.9. The zero-order valence-corrected chi connectivity index (χ0v) is 14.7. The van der Waals surface area contributed by atoms with Crippen LogP contribution in [0, 0.1) is 0 Å². The van der Waals surface area contributed by atoms with Crippen molar-refractivity contribution in [2.24, 2.45) is 0 Å². The van der Waals surface area contributed by atoms with Gasteiger partial charge in [-0.25, -0.2) is 0 Å². The second-order valence-electron chi connectivity index (χ2n) is 4.36. The second-order valence-corrected chi connectivity index (χ2v) is 7.23. The molecule has 0 aliphatic rings. The Labute approximate surface area is 149 Å². The van der Waals surface area contributed by atoms with Gasteiger partial charge in [0.15, 0.2) is 0 Å². The molecular formula is C15H9BrClN3O2S. The SMILES string of the molecule is O=C(C=Cc1ccccc1Cl)Nc1nnc(-c2ccc(Br)s2)o1. The predicted molar refractivity (Wildman–Crippen MR) is 94.4 cm³/mol. The smallest absolute Gasteiger partial charge is 0.322 e. The Hall–Kier alpha value is -1.96. The van der Waals surface area contributed by atoms with E-state index in [9.17, 15) is 4.79 Å². The fraction of sp³-hybridized carbons (Fsp3) is 0. The molecule has 0 atom stereocenters. The first-order chi connectivity index (χ1) is 11.1. The van der Waals surface area contributed by atoms with Gasteiger partial charge in [0, 0.05) is 11.1 Å². The molecular weight excluding hydrogens is 402 g/mol. The van der Waals surface area contributed by atoms with Gasteiger partial charge in [-0.15, -0.1) is 16.4 Å². The fourth-order valence-electron chi connectivity index (χ4n) is 1.73. The van der Waals surface area contributed by atoms with Crippen LogP contribution in [-0.2, 0) is 4.79 Å². The molecule has 3 aromatic rings. The average Bonchev–Trinajstić information content (AvgIpc) is 3.15. The molecule has 5 nitrogen and oxygen atoms in total. The van der Waals surface area contributed by atoms with Crippen LogP contribution in [0.25, 0.3) is 16.8 Å². The minimum Gasteiger partial charge on any atom is -0.402 e. The maximum Gasteiger partial charge on any atom is 0.322 e. The van der Waals surface area contributed by atoms with Crippen LogP contribution in [0.5, 0.6) is 0 Å². The fourth-order valence-corrected chi connectivity index (χ4v) is 3.23. The van der Waals surface area contributed by atoms with E-state index in [1.807, 2.05) is 30.3 Å². The summed E-state index contributed by atoms with van der Waals surface area (Å²) in [6, 6.07) is 11.0. The van der Waals surface area contributed by atoms with E-state index >= 15 is 0 Å². The normalized spacial score (nSPS) is 11.0. The number of carbonyl (C=O) groups excluding carboxylic acids is 1. The number of anilines is 1. The van der Waals surface area contributed by atoms with Crippen LogP contribution >= 0.6 is 38.9 Å². The lowest BCUT2D eigenvalue weighted by molar-refractivity contribution is -0.112. The van der Waals surface area contributed by atoms with Crippen molar-refractivity contribution in [3.05, 3.63) is 56.8 Å². The maximum absolute atomic E-state index is 11.9. The third kappa shape index (κ3) is 4.07. The molecule has 0 aliphatic heterocycles. The number of nitrogens with one attached hydrogen (secondary N) is 1. The number of thiophene rings is 1. The van der Waals surface area contributed by atoms with Gasteiger partial charge < -0.3 is 4.42 Å². The number of hydrogen-bond acceptors (Lipinski definition) is 5. The Balaban J connectivity index is 1.67. The summed E-state index contributed by atoms with van der Waals surface area (Å²) >= 11 is 10.8. The number of rotatable bonds is 4. The van der Waals surface area contributed by atoms with Crippen molar-refractivity contribution in [3.8, 4) is 10.8 Å².